The summed E-state index contributed by atoms with van der Waals surface area (Å²) in [6, 6.07) is 8.54. The van der Waals surface area contributed by atoms with Crippen molar-refractivity contribution in [2.24, 2.45) is 5.73 Å². The van der Waals surface area contributed by atoms with Gasteiger partial charge in [0.2, 0.25) is 0 Å². The number of hydrogen-bond donors (Lipinski definition) is 2. The van der Waals surface area contributed by atoms with E-state index in [1.165, 1.54) is 17.6 Å². The van der Waals surface area contributed by atoms with Crippen LogP contribution in [0.25, 0.3) is 0 Å². The Morgan fingerprint density at radius 1 is 1.16 bits per heavy atom. The molecule has 3 rings (SSSR count). The van der Waals surface area contributed by atoms with Gasteiger partial charge in [0, 0.05) is 0 Å². The molecule has 3 nitrogen and oxygen atoms in total. The van der Waals surface area contributed by atoms with Crippen molar-refractivity contribution in [3.63, 3.8) is 0 Å². The van der Waals surface area contributed by atoms with Gasteiger partial charge in [-0.05, 0) is 29.6 Å². The molecule has 0 spiro atoms. The fourth-order valence-corrected chi connectivity index (χ4v) is 1.97. The average molecular weight is 255 g/mol. The van der Waals surface area contributed by atoms with Gasteiger partial charge in [0.05, 0.1) is 0 Å². The van der Waals surface area contributed by atoms with Crippen molar-refractivity contribution in [2.75, 3.05) is 0 Å². The van der Waals surface area contributed by atoms with Gasteiger partial charge in [-0.25, -0.2) is 0 Å². The number of aliphatic carboxylic acids is 1. The Morgan fingerprint density at radius 2 is 1.74 bits per heavy atom. The van der Waals surface area contributed by atoms with Crippen LogP contribution in [0.1, 0.15) is 12.0 Å². The molecule has 1 atom stereocenters. The van der Waals surface area contributed by atoms with Gasteiger partial charge in [-0.3, -0.25) is 4.79 Å². The van der Waals surface area contributed by atoms with E-state index in [0.717, 1.165) is 5.56 Å². The van der Waals surface area contributed by atoms with E-state index in [4.69, 9.17) is 10.8 Å². The molecule has 3 heteroatoms. The van der Waals surface area contributed by atoms with Gasteiger partial charge in [-0.2, -0.15) is 0 Å². The van der Waals surface area contributed by atoms with Crippen molar-refractivity contribution >= 4 is 5.97 Å². The number of carbonyl (C=O) groups is 1. The highest BCUT2D eigenvalue weighted by molar-refractivity contribution is 5.73. The SMILES string of the molecule is C1=CC2=CC=C1C2.N[C@@H](Cc1ccccc1)C(=O)O. The second-order valence-corrected chi connectivity index (χ2v) is 4.63. The van der Waals surface area contributed by atoms with Crippen LogP contribution in [0.4, 0.5) is 0 Å². The summed E-state index contributed by atoms with van der Waals surface area (Å²) in [5, 5.41) is 8.52. The summed E-state index contributed by atoms with van der Waals surface area (Å²) in [4.78, 5) is 10.4. The number of rotatable bonds is 3. The van der Waals surface area contributed by atoms with E-state index < -0.39 is 12.0 Å². The molecule has 0 unspecified atom stereocenters. The zero-order valence-corrected chi connectivity index (χ0v) is 10.6. The number of fused-ring (bicyclic) bond motifs is 2. The number of nitrogens with two attached hydrogens (primary N) is 1. The van der Waals surface area contributed by atoms with E-state index in [1.54, 1.807) is 0 Å². The molecule has 0 saturated heterocycles. The van der Waals surface area contributed by atoms with Crippen molar-refractivity contribution in [2.45, 2.75) is 18.9 Å². The van der Waals surface area contributed by atoms with Gasteiger partial charge in [-0.1, -0.05) is 54.6 Å². The molecular formula is C16H17NO2. The van der Waals surface area contributed by atoms with Crippen molar-refractivity contribution in [1.29, 1.82) is 0 Å². The largest absolute Gasteiger partial charge is 0.480 e. The summed E-state index contributed by atoms with van der Waals surface area (Å²) in [5.74, 6) is -0.959. The quantitative estimate of drug-likeness (QED) is 0.872. The minimum atomic E-state index is -0.959. The maximum absolute atomic E-state index is 10.4. The van der Waals surface area contributed by atoms with Crippen molar-refractivity contribution in [1.82, 2.24) is 0 Å². The summed E-state index contributed by atoms with van der Waals surface area (Å²) in [6.07, 6.45) is 10.3. The van der Waals surface area contributed by atoms with E-state index in [-0.39, 0.29) is 0 Å². The predicted molar refractivity (Wildman–Crippen MR) is 75.7 cm³/mol. The Hall–Kier alpha value is -2.13. The molecule has 0 aromatic heterocycles. The van der Waals surface area contributed by atoms with E-state index >= 15 is 0 Å². The first-order chi connectivity index (χ1) is 9.15. The lowest BCUT2D eigenvalue weighted by molar-refractivity contribution is -0.138. The lowest BCUT2D eigenvalue weighted by Crippen LogP contribution is -2.32. The summed E-state index contributed by atoms with van der Waals surface area (Å²) in [6.45, 7) is 0. The summed E-state index contributed by atoms with van der Waals surface area (Å²) < 4.78 is 0. The second-order valence-electron chi connectivity index (χ2n) is 4.63. The lowest BCUT2D eigenvalue weighted by atomic mass is 10.1. The molecule has 0 radical (unpaired) electrons. The third-order valence-electron chi connectivity index (χ3n) is 3.05. The molecule has 1 aromatic carbocycles. The molecule has 2 aliphatic carbocycles. The Labute approximate surface area is 112 Å². The maximum Gasteiger partial charge on any atom is 0.320 e. The highest BCUT2D eigenvalue weighted by Crippen LogP contribution is 2.27. The number of benzene rings is 1. The molecule has 3 N–H and O–H groups in total. The molecule has 0 heterocycles. The van der Waals surface area contributed by atoms with Gasteiger partial charge in [-0.15, -0.1) is 0 Å². The number of hydrogen-bond acceptors (Lipinski definition) is 2. The average Bonchev–Trinajstić information content (AvgIpc) is 3.05. The predicted octanol–water partition coefficient (Wildman–Crippen LogP) is 2.45. The molecule has 1 aromatic rings. The first-order valence-electron chi connectivity index (χ1n) is 6.25. The smallest absolute Gasteiger partial charge is 0.320 e. The van der Waals surface area contributed by atoms with E-state index in [2.05, 4.69) is 24.3 Å². The molecule has 0 aliphatic heterocycles. The Morgan fingerprint density at radius 3 is 2.11 bits per heavy atom. The van der Waals surface area contributed by atoms with Crippen LogP contribution in [0.3, 0.4) is 0 Å². The van der Waals surface area contributed by atoms with Gasteiger partial charge in [0.25, 0.3) is 0 Å². The van der Waals surface area contributed by atoms with E-state index in [0.29, 0.717) is 6.42 Å². The van der Waals surface area contributed by atoms with Crippen LogP contribution < -0.4 is 5.73 Å². The van der Waals surface area contributed by atoms with Gasteiger partial charge in [0.1, 0.15) is 6.04 Å². The van der Waals surface area contributed by atoms with Crippen LogP contribution in [0.5, 0.6) is 0 Å². The number of carboxylic acids is 1. The van der Waals surface area contributed by atoms with Crippen LogP contribution in [-0.2, 0) is 11.2 Å². The van der Waals surface area contributed by atoms with Crippen LogP contribution in [0, 0.1) is 0 Å². The number of carboxylic acid groups (broad SMARTS) is 1. The van der Waals surface area contributed by atoms with Gasteiger partial charge >= 0.3 is 5.97 Å². The first kappa shape index (κ1) is 13.3. The lowest BCUT2D eigenvalue weighted by Gasteiger charge is -2.04. The van der Waals surface area contributed by atoms with Crippen LogP contribution in [0.2, 0.25) is 0 Å². The van der Waals surface area contributed by atoms with Crippen LogP contribution >= 0.6 is 0 Å². The van der Waals surface area contributed by atoms with Crippen LogP contribution in [0.15, 0.2) is 65.8 Å². The van der Waals surface area contributed by atoms with Crippen molar-refractivity contribution < 1.29 is 9.90 Å². The highest BCUT2D eigenvalue weighted by atomic mass is 16.4. The third-order valence-corrected chi connectivity index (χ3v) is 3.05. The standard InChI is InChI=1S/C9H11NO2.C7H6/c10-8(9(11)12)6-7-4-2-1-3-5-7;1-2-7-4-3-6(1)5-7/h1-5,8H,6,10H2,(H,11,12);1-4H,5H2/t8-;/m0./s1. The fourth-order valence-electron chi connectivity index (χ4n) is 1.97. The molecule has 19 heavy (non-hydrogen) atoms. The topological polar surface area (TPSA) is 63.3 Å². The molecule has 98 valence electrons. The summed E-state index contributed by atoms with van der Waals surface area (Å²) >= 11 is 0. The Bertz CT molecular complexity index is 521. The normalized spacial score (nSPS) is 16.3. The molecule has 0 saturated carbocycles. The molecule has 0 fully saturated rings. The molecule has 0 amide bonds. The fraction of sp³-hybridized carbons (Fsp3) is 0.188. The zero-order chi connectivity index (χ0) is 13.7. The minimum absolute atomic E-state index is 0.385. The van der Waals surface area contributed by atoms with Gasteiger partial charge in [0.15, 0.2) is 0 Å². The zero-order valence-electron chi connectivity index (χ0n) is 10.6. The molecule has 2 aliphatic rings. The molecule has 2 bridgehead atoms. The Kier molecular flexibility index (Phi) is 4.31. The Balaban J connectivity index is 0.000000159. The maximum atomic E-state index is 10.4. The van der Waals surface area contributed by atoms with Crippen LogP contribution in [-0.4, -0.2) is 17.1 Å². The molecular weight excluding hydrogens is 238 g/mol. The second kappa shape index (κ2) is 6.16. The summed E-state index contributed by atoms with van der Waals surface area (Å²) in [7, 11) is 0. The monoisotopic (exact) mass is 255 g/mol. The van der Waals surface area contributed by atoms with Gasteiger partial charge < -0.3 is 10.8 Å². The minimum Gasteiger partial charge on any atom is -0.480 e. The third kappa shape index (κ3) is 3.93. The van der Waals surface area contributed by atoms with Crippen molar-refractivity contribution in [3.8, 4) is 0 Å². The highest BCUT2D eigenvalue weighted by Gasteiger charge is 2.11. The van der Waals surface area contributed by atoms with Crippen molar-refractivity contribution in [3.05, 3.63) is 71.3 Å². The number of allylic oxidation sites excluding steroid dienone is 6. The first-order valence-corrected chi connectivity index (χ1v) is 6.25. The summed E-state index contributed by atoms with van der Waals surface area (Å²) in [5.41, 5.74) is 9.24. The van der Waals surface area contributed by atoms with E-state index in [1.807, 2.05) is 30.3 Å². The van der Waals surface area contributed by atoms with E-state index in [9.17, 15) is 4.79 Å².